The average Bonchev–Trinajstić information content (AvgIpc) is 3.47. The van der Waals surface area contributed by atoms with E-state index in [0.29, 0.717) is 11.4 Å². The number of nitrogens with one attached hydrogen (secondary N) is 3. The van der Waals surface area contributed by atoms with Crippen LogP contribution in [0.15, 0.2) is 66.2 Å². The van der Waals surface area contributed by atoms with Crippen molar-refractivity contribution in [2.24, 2.45) is 0 Å². The van der Waals surface area contributed by atoms with Gasteiger partial charge in [0.1, 0.15) is 11.5 Å². The van der Waals surface area contributed by atoms with Crippen molar-refractivity contribution in [2.45, 2.75) is 6.92 Å². The highest BCUT2D eigenvalue weighted by Crippen LogP contribution is 2.25. The Morgan fingerprint density at radius 2 is 1.93 bits per heavy atom. The van der Waals surface area contributed by atoms with Crippen LogP contribution < -0.4 is 5.32 Å². The van der Waals surface area contributed by atoms with E-state index in [4.69, 9.17) is 0 Å². The summed E-state index contributed by atoms with van der Waals surface area (Å²) < 4.78 is 0. The van der Waals surface area contributed by atoms with Crippen LogP contribution in [0.4, 0.5) is 5.69 Å². The van der Waals surface area contributed by atoms with Crippen molar-refractivity contribution >= 4 is 34.0 Å². The lowest BCUT2D eigenvalue weighted by molar-refractivity contribution is 0.102. The third-order valence-corrected chi connectivity index (χ3v) is 5.40. The second-order valence-electron chi connectivity index (χ2n) is 6.69. The molecule has 0 saturated carbocycles. The Labute approximate surface area is 170 Å². The maximum atomic E-state index is 12.7. The zero-order valence-electron chi connectivity index (χ0n) is 15.6. The molecule has 0 bridgehead atoms. The molecule has 0 aliphatic heterocycles. The van der Waals surface area contributed by atoms with Crippen LogP contribution in [0.2, 0.25) is 0 Å². The minimum atomic E-state index is -0.204. The van der Waals surface area contributed by atoms with Crippen molar-refractivity contribution in [3.63, 3.8) is 0 Å². The highest BCUT2D eigenvalue weighted by Gasteiger charge is 2.12. The number of anilines is 1. The van der Waals surface area contributed by atoms with Crippen molar-refractivity contribution in [1.29, 1.82) is 0 Å². The van der Waals surface area contributed by atoms with E-state index in [-0.39, 0.29) is 5.91 Å². The number of hydrogen-bond acceptors (Lipinski definition) is 4. The van der Waals surface area contributed by atoms with Gasteiger partial charge in [-0.15, -0.1) is 11.3 Å². The van der Waals surface area contributed by atoms with Crippen LogP contribution in [0, 0.1) is 6.92 Å². The van der Waals surface area contributed by atoms with Crippen LogP contribution in [-0.4, -0.2) is 25.8 Å². The van der Waals surface area contributed by atoms with E-state index in [0.717, 1.165) is 38.7 Å². The number of carbonyl (C=O) groups excluding carboxylic acids is 1. The molecule has 142 valence electrons. The van der Waals surface area contributed by atoms with E-state index in [2.05, 4.69) is 25.3 Å². The maximum Gasteiger partial charge on any atom is 0.272 e. The molecule has 0 fully saturated rings. The van der Waals surface area contributed by atoms with Crippen molar-refractivity contribution < 1.29 is 4.79 Å². The van der Waals surface area contributed by atoms with E-state index in [9.17, 15) is 4.79 Å². The molecule has 0 atom stereocenters. The molecule has 0 aliphatic rings. The summed E-state index contributed by atoms with van der Waals surface area (Å²) in [6.45, 7) is 1.96. The van der Waals surface area contributed by atoms with Gasteiger partial charge in [0.05, 0.1) is 21.7 Å². The molecule has 5 rings (SSSR count). The monoisotopic (exact) mass is 399 g/mol. The second kappa shape index (κ2) is 7.03. The summed E-state index contributed by atoms with van der Waals surface area (Å²) in [7, 11) is 0. The summed E-state index contributed by atoms with van der Waals surface area (Å²) in [5.41, 5.74) is 5.75. The van der Waals surface area contributed by atoms with E-state index >= 15 is 0 Å². The lowest BCUT2D eigenvalue weighted by atomic mass is 10.2. The molecule has 0 aliphatic carbocycles. The molecule has 0 saturated heterocycles. The van der Waals surface area contributed by atoms with Crippen LogP contribution in [0.25, 0.3) is 33.7 Å². The number of aromatic amines is 2. The van der Waals surface area contributed by atoms with Gasteiger partial charge in [-0.05, 0) is 37.3 Å². The number of fused-ring (bicyclic) bond motifs is 1. The summed E-state index contributed by atoms with van der Waals surface area (Å²) in [4.78, 5) is 28.1. The standard InChI is InChI=1S/C22H17N5OS/c1-13-24-20(12-29-13)15-10-19(23-11-15)22(28)25-16-6-4-5-14(9-16)21-26-17-7-2-3-8-18(17)27-21/h2-12,23H,1H3,(H,25,28)(H,26,27). The van der Waals surface area contributed by atoms with Gasteiger partial charge < -0.3 is 15.3 Å². The molecule has 3 aromatic heterocycles. The van der Waals surface area contributed by atoms with Gasteiger partial charge in [-0.2, -0.15) is 0 Å². The molecular weight excluding hydrogens is 382 g/mol. The summed E-state index contributed by atoms with van der Waals surface area (Å²) >= 11 is 1.59. The van der Waals surface area contributed by atoms with Gasteiger partial charge in [-0.1, -0.05) is 24.3 Å². The first kappa shape index (κ1) is 17.4. The minimum absolute atomic E-state index is 0.204. The van der Waals surface area contributed by atoms with Gasteiger partial charge >= 0.3 is 0 Å². The number of para-hydroxylation sites is 2. The third kappa shape index (κ3) is 3.43. The molecule has 0 spiro atoms. The predicted octanol–water partition coefficient (Wildman–Crippen LogP) is 5.24. The zero-order chi connectivity index (χ0) is 19.8. The first-order valence-corrected chi connectivity index (χ1v) is 10.0. The van der Waals surface area contributed by atoms with Crippen molar-refractivity contribution in [1.82, 2.24) is 19.9 Å². The number of aryl methyl sites for hydroxylation is 1. The lowest BCUT2D eigenvalue weighted by Crippen LogP contribution is -2.12. The largest absolute Gasteiger partial charge is 0.357 e. The third-order valence-electron chi connectivity index (χ3n) is 4.63. The second-order valence-corrected chi connectivity index (χ2v) is 7.75. The number of imidazole rings is 1. The maximum absolute atomic E-state index is 12.7. The number of benzene rings is 2. The van der Waals surface area contributed by atoms with Gasteiger partial charge in [-0.3, -0.25) is 4.79 Å². The van der Waals surface area contributed by atoms with E-state index in [1.807, 2.05) is 66.9 Å². The van der Waals surface area contributed by atoms with E-state index in [1.165, 1.54) is 0 Å². The van der Waals surface area contributed by atoms with Gasteiger partial charge in [0.25, 0.3) is 5.91 Å². The van der Waals surface area contributed by atoms with Crippen molar-refractivity contribution in [3.8, 4) is 22.6 Å². The molecule has 3 heterocycles. The first-order chi connectivity index (χ1) is 14.2. The van der Waals surface area contributed by atoms with Crippen LogP contribution in [0.3, 0.4) is 0 Å². The zero-order valence-corrected chi connectivity index (χ0v) is 16.4. The number of rotatable bonds is 4. The molecule has 7 heteroatoms. The Morgan fingerprint density at radius 3 is 2.76 bits per heavy atom. The topological polar surface area (TPSA) is 86.5 Å². The van der Waals surface area contributed by atoms with Crippen LogP contribution in [-0.2, 0) is 0 Å². The molecule has 29 heavy (non-hydrogen) atoms. The van der Waals surface area contributed by atoms with Crippen LogP contribution in [0.1, 0.15) is 15.5 Å². The normalized spacial score (nSPS) is 11.1. The highest BCUT2D eigenvalue weighted by molar-refractivity contribution is 7.09. The molecule has 0 unspecified atom stereocenters. The number of amides is 1. The van der Waals surface area contributed by atoms with E-state index in [1.54, 1.807) is 17.5 Å². The Morgan fingerprint density at radius 1 is 1.03 bits per heavy atom. The van der Waals surface area contributed by atoms with Gasteiger partial charge in [0.2, 0.25) is 0 Å². The summed E-state index contributed by atoms with van der Waals surface area (Å²) in [6.07, 6.45) is 1.80. The SMILES string of the molecule is Cc1nc(-c2c[nH]c(C(=O)Nc3cccc(-c4nc5ccccc5[nH]4)c3)c2)cs1. The molecule has 0 radical (unpaired) electrons. The molecule has 2 aromatic carbocycles. The molecule has 3 N–H and O–H groups in total. The number of thiazole rings is 1. The quantitative estimate of drug-likeness (QED) is 0.386. The minimum Gasteiger partial charge on any atom is -0.357 e. The first-order valence-electron chi connectivity index (χ1n) is 9.13. The van der Waals surface area contributed by atoms with E-state index < -0.39 is 0 Å². The summed E-state index contributed by atoms with van der Waals surface area (Å²) in [5, 5.41) is 5.92. The number of hydrogen-bond donors (Lipinski definition) is 3. The van der Waals surface area contributed by atoms with Crippen LogP contribution >= 0.6 is 11.3 Å². The van der Waals surface area contributed by atoms with Crippen molar-refractivity contribution in [3.05, 3.63) is 76.9 Å². The molecule has 6 nitrogen and oxygen atoms in total. The fourth-order valence-electron chi connectivity index (χ4n) is 3.20. The molecule has 5 aromatic rings. The number of carbonyl (C=O) groups is 1. The summed E-state index contributed by atoms with van der Waals surface area (Å²) in [6, 6.07) is 17.3. The smallest absolute Gasteiger partial charge is 0.272 e. The summed E-state index contributed by atoms with van der Waals surface area (Å²) in [5.74, 6) is 0.563. The fourth-order valence-corrected chi connectivity index (χ4v) is 3.82. The number of aromatic nitrogens is 4. The number of nitrogens with zero attached hydrogens (tertiary/aromatic N) is 2. The van der Waals surface area contributed by atoms with Gasteiger partial charge in [0.15, 0.2) is 0 Å². The van der Waals surface area contributed by atoms with Crippen molar-refractivity contribution in [2.75, 3.05) is 5.32 Å². The molecule has 1 amide bonds. The Hall–Kier alpha value is -3.71. The Balaban J connectivity index is 1.37. The van der Waals surface area contributed by atoms with Gasteiger partial charge in [0, 0.05) is 28.4 Å². The fraction of sp³-hybridized carbons (Fsp3) is 0.0455. The average molecular weight is 399 g/mol. The highest BCUT2D eigenvalue weighted by atomic mass is 32.1. The Kier molecular flexibility index (Phi) is 4.22. The van der Waals surface area contributed by atoms with Gasteiger partial charge in [-0.25, -0.2) is 9.97 Å². The predicted molar refractivity (Wildman–Crippen MR) is 116 cm³/mol. The lowest BCUT2D eigenvalue weighted by Gasteiger charge is -2.05. The number of H-pyrrole nitrogens is 2. The molecular formula is C22H17N5OS. The Bertz CT molecular complexity index is 1300. The van der Waals surface area contributed by atoms with Crippen LogP contribution in [0.5, 0.6) is 0 Å².